The van der Waals surface area contributed by atoms with Gasteiger partial charge in [-0.2, -0.15) is 4.68 Å². The Balaban J connectivity index is 1.70. The van der Waals surface area contributed by atoms with Crippen molar-refractivity contribution in [1.29, 1.82) is 0 Å². The molecule has 3 atom stereocenters. The van der Waals surface area contributed by atoms with Crippen LogP contribution in [0.15, 0.2) is 23.4 Å². The van der Waals surface area contributed by atoms with Gasteiger partial charge in [-0.15, -0.1) is 5.10 Å². The summed E-state index contributed by atoms with van der Waals surface area (Å²) in [5, 5.41) is 15.7. The van der Waals surface area contributed by atoms with Crippen LogP contribution in [0.25, 0.3) is 5.69 Å². The summed E-state index contributed by atoms with van der Waals surface area (Å²) in [6.07, 6.45) is 4.73. The summed E-state index contributed by atoms with van der Waals surface area (Å²) in [6, 6.07) is 6.34. The first kappa shape index (κ1) is 18.9. The zero-order chi connectivity index (χ0) is 18.7. The van der Waals surface area contributed by atoms with E-state index in [1.54, 1.807) is 4.68 Å². The van der Waals surface area contributed by atoms with Gasteiger partial charge in [-0.05, 0) is 67.2 Å². The molecule has 0 bridgehead atoms. The molecule has 6 nitrogen and oxygen atoms in total. The first-order chi connectivity index (χ1) is 12.5. The van der Waals surface area contributed by atoms with Crippen molar-refractivity contribution in [3.63, 3.8) is 0 Å². The van der Waals surface area contributed by atoms with Crippen molar-refractivity contribution in [2.24, 2.45) is 5.92 Å². The Labute approximate surface area is 159 Å². The number of benzene rings is 1. The van der Waals surface area contributed by atoms with E-state index in [1.807, 2.05) is 19.1 Å². The summed E-state index contributed by atoms with van der Waals surface area (Å²) in [5.74, 6) is 0.606. The Morgan fingerprint density at radius 3 is 2.85 bits per heavy atom. The van der Waals surface area contributed by atoms with Crippen molar-refractivity contribution < 1.29 is 4.79 Å². The summed E-state index contributed by atoms with van der Waals surface area (Å²) in [6.45, 7) is 8.26. The van der Waals surface area contributed by atoms with Crippen molar-refractivity contribution in [1.82, 2.24) is 25.5 Å². The Morgan fingerprint density at radius 1 is 1.31 bits per heavy atom. The van der Waals surface area contributed by atoms with Crippen LogP contribution in [0, 0.1) is 19.8 Å². The summed E-state index contributed by atoms with van der Waals surface area (Å²) in [4.78, 5) is 12.6. The molecule has 3 rings (SSSR count). The molecule has 1 N–H and O–H groups in total. The molecule has 1 aliphatic carbocycles. The van der Waals surface area contributed by atoms with Crippen LogP contribution >= 0.6 is 11.8 Å². The molecule has 1 aromatic carbocycles. The first-order valence-electron chi connectivity index (χ1n) is 9.29. The van der Waals surface area contributed by atoms with Crippen molar-refractivity contribution in [3.05, 3.63) is 29.3 Å². The van der Waals surface area contributed by atoms with Crippen molar-refractivity contribution in [2.75, 3.05) is 0 Å². The fourth-order valence-electron chi connectivity index (χ4n) is 3.41. The third kappa shape index (κ3) is 4.09. The fourth-order valence-corrected chi connectivity index (χ4v) is 4.22. The van der Waals surface area contributed by atoms with E-state index in [1.165, 1.54) is 36.6 Å². The van der Waals surface area contributed by atoms with Gasteiger partial charge in [0.25, 0.3) is 0 Å². The lowest BCUT2D eigenvalue weighted by Gasteiger charge is -2.30. The number of carbonyl (C=O) groups excluding carboxylic acids is 1. The molecular formula is C19H27N5OS. The molecule has 1 saturated carbocycles. The lowest BCUT2D eigenvalue weighted by atomic mass is 9.86. The van der Waals surface area contributed by atoms with Gasteiger partial charge in [-0.3, -0.25) is 4.79 Å². The van der Waals surface area contributed by atoms with E-state index in [9.17, 15) is 4.79 Å². The van der Waals surface area contributed by atoms with Gasteiger partial charge >= 0.3 is 0 Å². The largest absolute Gasteiger partial charge is 0.352 e. The average Bonchev–Trinajstić information content (AvgIpc) is 3.07. The molecule has 2 aromatic rings. The molecule has 0 radical (unpaired) electrons. The lowest BCUT2D eigenvalue weighted by Crippen LogP contribution is -2.44. The van der Waals surface area contributed by atoms with Gasteiger partial charge in [0.1, 0.15) is 0 Å². The van der Waals surface area contributed by atoms with E-state index >= 15 is 0 Å². The van der Waals surface area contributed by atoms with Crippen LogP contribution in [0.3, 0.4) is 0 Å². The Hall–Kier alpha value is -1.89. The quantitative estimate of drug-likeness (QED) is 0.813. The highest BCUT2D eigenvalue weighted by Gasteiger charge is 2.26. The van der Waals surface area contributed by atoms with Crippen LogP contribution in [0.2, 0.25) is 0 Å². The van der Waals surface area contributed by atoms with Crippen LogP contribution in [0.1, 0.15) is 50.7 Å². The standard InChI is InChI=1S/C19H27N5OS/c1-12-9-7-11-17(14(12)3)24-19(21-22-23-24)26-15(4)18(25)20-16-10-6-5-8-13(16)2/h7,9,11,13,15-16H,5-6,8,10H2,1-4H3,(H,20,25)/t13-,15+,16-/m0/s1. The maximum atomic E-state index is 12.6. The number of tetrazole rings is 1. The van der Waals surface area contributed by atoms with Crippen LogP contribution < -0.4 is 5.32 Å². The minimum Gasteiger partial charge on any atom is -0.352 e. The molecule has 1 aliphatic rings. The molecule has 0 unspecified atom stereocenters. The number of nitrogens with one attached hydrogen (secondary N) is 1. The average molecular weight is 374 g/mol. The molecule has 1 fully saturated rings. The van der Waals surface area contributed by atoms with Gasteiger partial charge in [0.15, 0.2) is 0 Å². The van der Waals surface area contributed by atoms with Gasteiger partial charge in [0, 0.05) is 6.04 Å². The summed E-state index contributed by atoms with van der Waals surface area (Å²) in [5.41, 5.74) is 3.27. The van der Waals surface area contributed by atoms with Gasteiger partial charge < -0.3 is 5.32 Å². The third-order valence-corrected chi connectivity index (χ3v) is 6.37. The van der Waals surface area contributed by atoms with Crippen LogP contribution in [0.4, 0.5) is 0 Å². The minimum absolute atomic E-state index is 0.0595. The zero-order valence-electron chi connectivity index (χ0n) is 15.9. The third-order valence-electron chi connectivity index (χ3n) is 5.34. The predicted molar refractivity (Wildman–Crippen MR) is 104 cm³/mol. The maximum absolute atomic E-state index is 12.6. The SMILES string of the molecule is Cc1cccc(-n2nnnc2S[C@H](C)C(=O)N[C@H]2CCCC[C@@H]2C)c1C. The van der Waals surface area contributed by atoms with Crippen LogP contribution in [-0.4, -0.2) is 37.4 Å². The monoisotopic (exact) mass is 373 g/mol. The molecule has 0 saturated heterocycles. The number of aromatic nitrogens is 4. The first-order valence-corrected chi connectivity index (χ1v) is 10.2. The highest BCUT2D eigenvalue weighted by Crippen LogP contribution is 2.27. The summed E-state index contributed by atoms with van der Waals surface area (Å²) >= 11 is 1.40. The van der Waals surface area contributed by atoms with E-state index < -0.39 is 0 Å². The second kappa shape index (κ2) is 8.20. The second-order valence-corrected chi connectivity index (χ2v) is 8.54. The maximum Gasteiger partial charge on any atom is 0.233 e. The molecular weight excluding hydrogens is 346 g/mol. The number of rotatable bonds is 5. The Morgan fingerprint density at radius 2 is 2.08 bits per heavy atom. The van der Waals surface area contributed by atoms with Crippen molar-refractivity contribution >= 4 is 17.7 Å². The van der Waals surface area contributed by atoms with E-state index in [2.05, 4.69) is 47.7 Å². The number of amides is 1. The zero-order valence-corrected chi connectivity index (χ0v) is 16.7. The van der Waals surface area contributed by atoms with Crippen LogP contribution in [0.5, 0.6) is 0 Å². The fraction of sp³-hybridized carbons (Fsp3) is 0.579. The Bertz CT molecular complexity index is 775. The highest BCUT2D eigenvalue weighted by molar-refractivity contribution is 8.00. The van der Waals surface area contributed by atoms with Crippen molar-refractivity contribution in [2.45, 2.75) is 69.8 Å². The van der Waals surface area contributed by atoms with Crippen LogP contribution in [-0.2, 0) is 4.79 Å². The minimum atomic E-state index is -0.251. The van der Waals surface area contributed by atoms with Gasteiger partial charge in [0.05, 0.1) is 10.9 Å². The molecule has 1 amide bonds. The molecule has 1 aromatic heterocycles. The normalized spacial score (nSPS) is 21.4. The molecule has 1 heterocycles. The molecule has 7 heteroatoms. The molecule has 26 heavy (non-hydrogen) atoms. The van der Waals surface area contributed by atoms with Gasteiger partial charge in [-0.25, -0.2) is 0 Å². The Kier molecular flexibility index (Phi) is 5.96. The smallest absolute Gasteiger partial charge is 0.233 e. The van der Waals surface area contributed by atoms with E-state index in [0.29, 0.717) is 11.1 Å². The van der Waals surface area contributed by atoms with E-state index in [0.717, 1.165) is 17.7 Å². The predicted octanol–water partition coefficient (Wildman–Crippen LogP) is 3.45. The van der Waals surface area contributed by atoms with Gasteiger partial charge in [0.2, 0.25) is 11.1 Å². The number of thioether (sulfide) groups is 1. The second-order valence-electron chi connectivity index (χ2n) is 7.23. The van der Waals surface area contributed by atoms with E-state index in [4.69, 9.17) is 0 Å². The summed E-state index contributed by atoms with van der Waals surface area (Å²) in [7, 11) is 0. The molecule has 0 spiro atoms. The van der Waals surface area contributed by atoms with E-state index in [-0.39, 0.29) is 17.2 Å². The summed E-state index contributed by atoms with van der Waals surface area (Å²) < 4.78 is 1.72. The number of carbonyl (C=O) groups is 1. The lowest BCUT2D eigenvalue weighted by molar-refractivity contribution is -0.121. The topological polar surface area (TPSA) is 72.7 Å². The van der Waals surface area contributed by atoms with Crippen molar-refractivity contribution in [3.8, 4) is 5.69 Å². The van der Waals surface area contributed by atoms with Gasteiger partial charge in [-0.1, -0.05) is 43.7 Å². The number of nitrogens with zero attached hydrogens (tertiary/aromatic N) is 4. The highest BCUT2D eigenvalue weighted by atomic mass is 32.2. The number of hydrogen-bond donors (Lipinski definition) is 1. The number of hydrogen-bond acceptors (Lipinski definition) is 5. The number of aryl methyl sites for hydroxylation is 1. The molecule has 140 valence electrons. The molecule has 0 aliphatic heterocycles.